The maximum absolute atomic E-state index is 12.4. The third-order valence-electron chi connectivity index (χ3n) is 4.53. The van der Waals surface area contributed by atoms with Crippen LogP contribution >= 0.6 is 0 Å². The minimum absolute atomic E-state index is 0.295. The molecule has 21 heavy (non-hydrogen) atoms. The Kier molecular flexibility index (Phi) is 6.19. The Balaban J connectivity index is 2.67. The van der Waals surface area contributed by atoms with Crippen LogP contribution < -0.4 is 5.73 Å². The van der Waals surface area contributed by atoms with Crippen LogP contribution in [-0.2, 0) is 14.6 Å². The number of hydrogen-bond acceptors (Lipinski definition) is 5. The third kappa shape index (κ3) is 4.17. The second-order valence-electron chi connectivity index (χ2n) is 6.25. The van der Waals surface area contributed by atoms with E-state index in [9.17, 15) is 13.2 Å². The molecule has 1 aliphatic rings. The summed E-state index contributed by atoms with van der Waals surface area (Å²) in [6.45, 7) is 8.51. The summed E-state index contributed by atoms with van der Waals surface area (Å²) in [6.07, 6.45) is 3.12. The van der Waals surface area contributed by atoms with Crippen LogP contribution in [0.15, 0.2) is 0 Å². The number of rotatable bonds is 6. The van der Waals surface area contributed by atoms with Crippen molar-refractivity contribution in [2.24, 2.45) is 5.73 Å². The van der Waals surface area contributed by atoms with Gasteiger partial charge in [-0.15, -0.1) is 0 Å². The quantitative estimate of drug-likeness (QED) is 0.749. The Morgan fingerprint density at radius 1 is 1.24 bits per heavy atom. The van der Waals surface area contributed by atoms with Crippen molar-refractivity contribution >= 4 is 15.7 Å². The number of nitrogens with two attached hydrogens (primary N) is 1. The van der Waals surface area contributed by atoms with Crippen molar-refractivity contribution in [1.82, 2.24) is 9.80 Å². The van der Waals surface area contributed by atoms with Gasteiger partial charge in [-0.2, -0.15) is 0 Å². The van der Waals surface area contributed by atoms with Gasteiger partial charge in [-0.25, -0.2) is 8.42 Å². The SMILES string of the molecule is CCC(CCN)N1CCN(C(=O)C(C)(C)S(C)(=O)=O)CC1. The summed E-state index contributed by atoms with van der Waals surface area (Å²) in [5.41, 5.74) is 5.63. The lowest BCUT2D eigenvalue weighted by Crippen LogP contribution is -2.57. The molecule has 1 saturated heterocycles. The lowest BCUT2D eigenvalue weighted by molar-refractivity contribution is -0.135. The molecule has 124 valence electrons. The first-order valence-electron chi connectivity index (χ1n) is 7.58. The van der Waals surface area contributed by atoms with Crippen LogP contribution in [0, 0.1) is 0 Å². The largest absolute Gasteiger partial charge is 0.339 e. The number of nitrogens with zero attached hydrogens (tertiary/aromatic N) is 2. The zero-order valence-electron chi connectivity index (χ0n) is 13.6. The molecule has 7 heteroatoms. The molecule has 6 nitrogen and oxygen atoms in total. The van der Waals surface area contributed by atoms with E-state index in [1.54, 1.807) is 4.90 Å². The van der Waals surface area contributed by atoms with Crippen molar-refractivity contribution in [2.75, 3.05) is 39.0 Å². The maximum Gasteiger partial charge on any atom is 0.243 e. The monoisotopic (exact) mass is 319 g/mol. The molecule has 0 aromatic carbocycles. The average molecular weight is 319 g/mol. The van der Waals surface area contributed by atoms with Crippen molar-refractivity contribution in [3.63, 3.8) is 0 Å². The van der Waals surface area contributed by atoms with E-state index in [1.165, 1.54) is 13.8 Å². The zero-order valence-corrected chi connectivity index (χ0v) is 14.4. The van der Waals surface area contributed by atoms with E-state index in [4.69, 9.17) is 5.73 Å². The molecule has 1 fully saturated rings. The minimum atomic E-state index is -3.42. The summed E-state index contributed by atoms with van der Waals surface area (Å²) >= 11 is 0. The van der Waals surface area contributed by atoms with Gasteiger partial charge in [0.05, 0.1) is 0 Å². The first-order chi connectivity index (χ1) is 9.65. The average Bonchev–Trinajstić information content (AvgIpc) is 2.43. The summed E-state index contributed by atoms with van der Waals surface area (Å²) in [5.74, 6) is -0.295. The van der Waals surface area contributed by atoms with Crippen molar-refractivity contribution in [3.05, 3.63) is 0 Å². The van der Waals surface area contributed by atoms with Crippen LogP contribution in [0.3, 0.4) is 0 Å². The fourth-order valence-electron chi connectivity index (χ4n) is 2.67. The number of sulfone groups is 1. The summed E-state index contributed by atoms with van der Waals surface area (Å²) in [7, 11) is -3.42. The Morgan fingerprint density at radius 3 is 2.14 bits per heavy atom. The standard InChI is InChI=1S/C14H29N3O3S/c1-5-12(6-7-15)16-8-10-17(11-9-16)13(18)14(2,3)21(4,19)20/h12H,5-11,15H2,1-4H3. The third-order valence-corrected chi connectivity index (χ3v) is 6.56. The van der Waals surface area contributed by atoms with Crippen molar-refractivity contribution in [1.29, 1.82) is 0 Å². The van der Waals surface area contributed by atoms with Gasteiger partial charge >= 0.3 is 0 Å². The number of piperazine rings is 1. The van der Waals surface area contributed by atoms with Gasteiger partial charge in [0.1, 0.15) is 4.75 Å². The highest BCUT2D eigenvalue weighted by Gasteiger charge is 2.42. The number of amides is 1. The van der Waals surface area contributed by atoms with E-state index in [0.29, 0.717) is 25.7 Å². The molecule has 1 aliphatic heterocycles. The summed E-state index contributed by atoms with van der Waals surface area (Å²) < 4.78 is 22.2. The van der Waals surface area contributed by atoms with E-state index in [1.807, 2.05) is 0 Å². The predicted octanol–water partition coefficient (Wildman–Crippen LogP) is 0.0812. The van der Waals surface area contributed by atoms with Crippen LogP contribution in [0.4, 0.5) is 0 Å². The molecule has 1 atom stereocenters. The number of hydrogen-bond donors (Lipinski definition) is 1. The lowest BCUT2D eigenvalue weighted by atomic mass is 10.1. The molecule has 0 saturated carbocycles. The lowest BCUT2D eigenvalue weighted by Gasteiger charge is -2.41. The van der Waals surface area contributed by atoms with E-state index >= 15 is 0 Å². The summed E-state index contributed by atoms with van der Waals surface area (Å²) in [5, 5.41) is 0. The van der Waals surface area contributed by atoms with Gasteiger partial charge in [-0.05, 0) is 33.2 Å². The van der Waals surface area contributed by atoms with Gasteiger partial charge < -0.3 is 10.6 Å². The van der Waals surface area contributed by atoms with Crippen LogP contribution in [-0.4, -0.2) is 73.9 Å². The van der Waals surface area contributed by atoms with Crippen molar-refractivity contribution in [3.8, 4) is 0 Å². The van der Waals surface area contributed by atoms with E-state index in [-0.39, 0.29) is 5.91 Å². The van der Waals surface area contributed by atoms with E-state index < -0.39 is 14.6 Å². The molecular weight excluding hydrogens is 290 g/mol. The zero-order chi connectivity index (χ0) is 16.3. The highest BCUT2D eigenvalue weighted by Crippen LogP contribution is 2.21. The van der Waals surface area contributed by atoms with Gasteiger partial charge in [0.25, 0.3) is 0 Å². The highest BCUT2D eigenvalue weighted by molar-refractivity contribution is 7.92. The van der Waals surface area contributed by atoms with Crippen LogP contribution in [0.25, 0.3) is 0 Å². The molecule has 0 aliphatic carbocycles. The molecule has 1 rings (SSSR count). The normalized spacial score (nSPS) is 19.6. The van der Waals surface area contributed by atoms with Gasteiger partial charge in [0.15, 0.2) is 9.84 Å². The minimum Gasteiger partial charge on any atom is -0.339 e. The van der Waals surface area contributed by atoms with Crippen LogP contribution in [0.1, 0.15) is 33.6 Å². The Labute approximate surface area is 128 Å². The molecule has 1 amide bonds. The predicted molar refractivity (Wildman–Crippen MR) is 84.8 cm³/mol. The second-order valence-corrected chi connectivity index (χ2v) is 8.82. The molecule has 2 N–H and O–H groups in total. The van der Waals surface area contributed by atoms with Gasteiger partial charge in [0.2, 0.25) is 5.91 Å². The van der Waals surface area contributed by atoms with Crippen molar-refractivity contribution < 1.29 is 13.2 Å². The van der Waals surface area contributed by atoms with Gasteiger partial charge in [0, 0.05) is 38.5 Å². The Bertz CT molecular complexity index is 454. The van der Waals surface area contributed by atoms with Crippen molar-refractivity contribution in [2.45, 2.75) is 44.4 Å². The molecule has 0 spiro atoms. The number of carbonyl (C=O) groups excluding carboxylic acids is 1. The first-order valence-corrected chi connectivity index (χ1v) is 9.47. The molecule has 0 aromatic rings. The van der Waals surface area contributed by atoms with E-state index in [0.717, 1.165) is 32.2 Å². The van der Waals surface area contributed by atoms with Gasteiger partial charge in [-0.3, -0.25) is 9.69 Å². The smallest absolute Gasteiger partial charge is 0.243 e. The fraction of sp³-hybridized carbons (Fsp3) is 0.929. The second kappa shape index (κ2) is 7.07. The molecule has 1 heterocycles. The molecule has 1 unspecified atom stereocenters. The van der Waals surface area contributed by atoms with E-state index in [2.05, 4.69) is 11.8 Å². The Morgan fingerprint density at radius 2 is 1.76 bits per heavy atom. The molecule has 0 aromatic heterocycles. The van der Waals surface area contributed by atoms with Gasteiger partial charge in [-0.1, -0.05) is 6.92 Å². The first kappa shape index (κ1) is 18.4. The Hall–Kier alpha value is -0.660. The summed E-state index contributed by atoms with van der Waals surface area (Å²) in [6, 6.07) is 0.454. The number of carbonyl (C=O) groups is 1. The maximum atomic E-state index is 12.4. The topological polar surface area (TPSA) is 83.7 Å². The fourth-order valence-corrected chi connectivity index (χ4v) is 3.11. The van der Waals surface area contributed by atoms with Crippen LogP contribution in [0.2, 0.25) is 0 Å². The van der Waals surface area contributed by atoms with Crippen LogP contribution in [0.5, 0.6) is 0 Å². The molecular formula is C14H29N3O3S. The molecule has 0 bridgehead atoms. The highest BCUT2D eigenvalue weighted by atomic mass is 32.2. The summed E-state index contributed by atoms with van der Waals surface area (Å²) in [4.78, 5) is 16.5. The molecule has 0 radical (unpaired) electrons.